The van der Waals surface area contributed by atoms with Crippen LogP contribution < -0.4 is 0 Å². The summed E-state index contributed by atoms with van der Waals surface area (Å²) < 4.78 is 0. The van der Waals surface area contributed by atoms with Gasteiger partial charge < -0.3 is 5.11 Å². The van der Waals surface area contributed by atoms with Gasteiger partial charge in [0.25, 0.3) is 0 Å². The Morgan fingerprint density at radius 3 is 1.94 bits per heavy atom. The number of hydrogen-bond acceptors (Lipinski definition) is 1. The van der Waals surface area contributed by atoms with Crippen molar-refractivity contribution in [2.24, 2.45) is 22.7 Å². The van der Waals surface area contributed by atoms with Crippen molar-refractivity contribution in [3.63, 3.8) is 0 Å². The van der Waals surface area contributed by atoms with Crippen LogP contribution in [0.5, 0.6) is 0 Å². The molecule has 2 aliphatic rings. The van der Waals surface area contributed by atoms with Crippen LogP contribution in [-0.2, 0) is 4.79 Å². The van der Waals surface area contributed by atoms with Gasteiger partial charge in [-0.3, -0.25) is 4.79 Å². The van der Waals surface area contributed by atoms with Gasteiger partial charge in [-0.2, -0.15) is 0 Å². The minimum atomic E-state index is -0.512. The largest absolute Gasteiger partial charge is 0.481 e. The van der Waals surface area contributed by atoms with Gasteiger partial charge in [0.05, 0.1) is 5.41 Å². The highest BCUT2D eigenvalue weighted by Crippen LogP contribution is 2.53. The van der Waals surface area contributed by atoms with Crippen LogP contribution in [0.2, 0.25) is 0 Å². The normalized spacial score (nSPS) is 34.7. The minimum absolute atomic E-state index is 0.334. The summed E-state index contributed by atoms with van der Waals surface area (Å²) in [6.45, 7) is 6.88. The standard InChI is InChI=1S/C16H28O2/c1-15(2,3)12-8-10-16(11-9-12,14(17)18)13-6-4-5-7-13/h12-13H,4-11H2,1-3H3,(H,17,18). The molecule has 104 valence electrons. The molecular formula is C16H28O2. The smallest absolute Gasteiger partial charge is 0.309 e. The van der Waals surface area contributed by atoms with Crippen molar-refractivity contribution in [1.29, 1.82) is 0 Å². The summed E-state index contributed by atoms with van der Waals surface area (Å²) >= 11 is 0. The van der Waals surface area contributed by atoms with E-state index in [1.54, 1.807) is 0 Å². The zero-order chi connectivity index (χ0) is 13.4. The molecule has 0 bridgehead atoms. The first kappa shape index (κ1) is 13.9. The van der Waals surface area contributed by atoms with Gasteiger partial charge in [-0.05, 0) is 55.8 Å². The molecule has 1 N–H and O–H groups in total. The van der Waals surface area contributed by atoms with Crippen molar-refractivity contribution in [2.75, 3.05) is 0 Å². The minimum Gasteiger partial charge on any atom is -0.481 e. The SMILES string of the molecule is CC(C)(C)C1CCC(C(=O)O)(C2CCCC2)CC1. The molecule has 0 radical (unpaired) electrons. The fourth-order valence-corrected chi connectivity index (χ4v) is 4.27. The molecule has 0 aliphatic heterocycles. The molecule has 0 aromatic carbocycles. The van der Waals surface area contributed by atoms with E-state index in [1.807, 2.05) is 0 Å². The number of rotatable bonds is 2. The first-order valence-electron chi connectivity index (χ1n) is 7.60. The zero-order valence-corrected chi connectivity index (χ0v) is 12.2. The van der Waals surface area contributed by atoms with Crippen molar-refractivity contribution >= 4 is 5.97 Å². The quantitative estimate of drug-likeness (QED) is 0.786. The molecule has 0 spiro atoms. The Bertz CT molecular complexity index is 300. The fraction of sp³-hybridized carbons (Fsp3) is 0.938. The van der Waals surface area contributed by atoms with Gasteiger partial charge in [0, 0.05) is 0 Å². The summed E-state index contributed by atoms with van der Waals surface area (Å²) in [4.78, 5) is 11.8. The third-order valence-corrected chi connectivity index (χ3v) is 5.67. The number of hydrogen-bond donors (Lipinski definition) is 1. The summed E-state index contributed by atoms with van der Waals surface area (Å²) in [5, 5.41) is 9.74. The number of carbonyl (C=O) groups is 1. The molecule has 18 heavy (non-hydrogen) atoms. The first-order chi connectivity index (χ1) is 8.36. The summed E-state index contributed by atoms with van der Waals surface area (Å²) in [7, 11) is 0. The van der Waals surface area contributed by atoms with Crippen LogP contribution >= 0.6 is 0 Å². The first-order valence-corrected chi connectivity index (χ1v) is 7.60. The molecular weight excluding hydrogens is 224 g/mol. The van der Waals surface area contributed by atoms with E-state index in [9.17, 15) is 9.90 Å². The van der Waals surface area contributed by atoms with E-state index in [2.05, 4.69) is 20.8 Å². The summed E-state index contributed by atoms with van der Waals surface area (Å²) in [5.74, 6) is 0.643. The van der Waals surface area contributed by atoms with Gasteiger partial charge >= 0.3 is 5.97 Å². The average Bonchev–Trinajstić information content (AvgIpc) is 2.81. The fourth-order valence-electron chi connectivity index (χ4n) is 4.27. The van der Waals surface area contributed by atoms with Crippen molar-refractivity contribution in [1.82, 2.24) is 0 Å². The maximum Gasteiger partial charge on any atom is 0.309 e. The predicted molar refractivity (Wildman–Crippen MR) is 73.4 cm³/mol. The van der Waals surface area contributed by atoms with Crippen LogP contribution in [0.15, 0.2) is 0 Å². The topological polar surface area (TPSA) is 37.3 Å². The van der Waals surface area contributed by atoms with E-state index in [4.69, 9.17) is 0 Å². The number of carboxylic acid groups (broad SMARTS) is 1. The lowest BCUT2D eigenvalue weighted by molar-refractivity contribution is -0.157. The molecule has 0 atom stereocenters. The monoisotopic (exact) mass is 252 g/mol. The predicted octanol–water partition coefficient (Wildman–Crippen LogP) is 4.48. The molecule has 0 unspecified atom stereocenters. The molecule has 2 heteroatoms. The van der Waals surface area contributed by atoms with E-state index < -0.39 is 5.97 Å². The van der Waals surface area contributed by atoms with Crippen LogP contribution in [0.3, 0.4) is 0 Å². The molecule has 0 saturated heterocycles. The molecule has 2 nitrogen and oxygen atoms in total. The Morgan fingerprint density at radius 2 is 1.56 bits per heavy atom. The van der Waals surface area contributed by atoms with Crippen LogP contribution in [-0.4, -0.2) is 11.1 Å². The highest BCUT2D eigenvalue weighted by Gasteiger charge is 2.49. The summed E-state index contributed by atoms with van der Waals surface area (Å²) in [6.07, 6.45) is 8.80. The maximum atomic E-state index is 11.8. The third kappa shape index (κ3) is 2.44. The summed E-state index contributed by atoms with van der Waals surface area (Å²) in [5.41, 5.74) is -0.0431. The van der Waals surface area contributed by atoms with Gasteiger partial charge in [-0.25, -0.2) is 0 Å². The van der Waals surface area contributed by atoms with Gasteiger partial charge in [0.1, 0.15) is 0 Å². The number of carboxylic acids is 1. The van der Waals surface area contributed by atoms with E-state index in [-0.39, 0.29) is 5.41 Å². The van der Waals surface area contributed by atoms with E-state index in [0.717, 1.165) is 38.5 Å². The van der Waals surface area contributed by atoms with Crippen LogP contribution in [0.1, 0.15) is 72.1 Å². The highest BCUT2D eigenvalue weighted by atomic mass is 16.4. The Hall–Kier alpha value is -0.530. The Balaban J connectivity index is 2.09. The van der Waals surface area contributed by atoms with Gasteiger partial charge in [0.15, 0.2) is 0 Å². The van der Waals surface area contributed by atoms with Crippen LogP contribution in [0.4, 0.5) is 0 Å². The second-order valence-corrected chi connectivity index (χ2v) is 7.58. The average molecular weight is 252 g/mol. The molecule has 0 aromatic heterocycles. The van der Waals surface area contributed by atoms with Gasteiger partial charge in [-0.15, -0.1) is 0 Å². The zero-order valence-electron chi connectivity index (χ0n) is 12.2. The van der Waals surface area contributed by atoms with E-state index >= 15 is 0 Å². The lowest BCUT2D eigenvalue weighted by Gasteiger charge is -2.44. The molecule has 0 amide bonds. The third-order valence-electron chi connectivity index (χ3n) is 5.67. The summed E-state index contributed by atoms with van der Waals surface area (Å²) in [6, 6.07) is 0. The van der Waals surface area contributed by atoms with Crippen molar-refractivity contribution in [3.05, 3.63) is 0 Å². The highest BCUT2D eigenvalue weighted by molar-refractivity contribution is 5.75. The van der Waals surface area contributed by atoms with Gasteiger partial charge in [0.2, 0.25) is 0 Å². The van der Waals surface area contributed by atoms with Crippen molar-refractivity contribution < 1.29 is 9.90 Å². The van der Waals surface area contributed by atoms with Crippen LogP contribution in [0, 0.1) is 22.7 Å². The van der Waals surface area contributed by atoms with Crippen LogP contribution in [0.25, 0.3) is 0 Å². The molecule has 2 rings (SSSR count). The van der Waals surface area contributed by atoms with E-state index in [0.29, 0.717) is 17.3 Å². The second-order valence-electron chi connectivity index (χ2n) is 7.58. The molecule has 0 heterocycles. The van der Waals surface area contributed by atoms with Crippen molar-refractivity contribution in [2.45, 2.75) is 72.1 Å². The Morgan fingerprint density at radius 1 is 1.06 bits per heavy atom. The van der Waals surface area contributed by atoms with Crippen molar-refractivity contribution in [3.8, 4) is 0 Å². The molecule has 2 saturated carbocycles. The lowest BCUT2D eigenvalue weighted by Crippen LogP contribution is -2.42. The Labute approximate surface area is 111 Å². The number of aliphatic carboxylic acids is 1. The molecule has 0 aromatic rings. The van der Waals surface area contributed by atoms with Gasteiger partial charge in [-0.1, -0.05) is 33.6 Å². The maximum absolute atomic E-state index is 11.8. The molecule has 2 aliphatic carbocycles. The lowest BCUT2D eigenvalue weighted by atomic mass is 9.59. The second kappa shape index (κ2) is 4.86. The Kier molecular flexibility index (Phi) is 3.75. The molecule has 2 fully saturated rings. The van der Waals surface area contributed by atoms with E-state index in [1.165, 1.54) is 12.8 Å².